The van der Waals surface area contributed by atoms with Crippen LogP contribution in [0.5, 0.6) is 0 Å². The SMILES string of the molecule is Cc1ccc(C(=O)NCCc2nnc3ccc(SCc4ccccc4F)nn23)cc1. The highest BCUT2D eigenvalue weighted by atomic mass is 32.2. The largest absolute Gasteiger partial charge is 0.352 e. The fraction of sp³-hybridized carbons (Fsp3) is 0.182. The molecule has 2 aromatic heterocycles. The average molecular weight is 422 g/mol. The van der Waals surface area contributed by atoms with Crippen LogP contribution in [-0.2, 0) is 12.2 Å². The van der Waals surface area contributed by atoms with Crippen LogP contribution in [0.25, 0.3) is 5.65 Å². The number of nitrogens with one attached hydrogen (secondary N) is 1. The van der Waals surface area contributed by atoms with Crippen LogP contribution >= 0.6 is 11.8 Å². The standard InChI is InChI=1S/C22H20FN5OS/c1-15-6-8-16(9-7-15)22(29)24-13-12-20-26-25-19-10-11-21(27-28(19)20)30-14-17-4-2-3-5-18(17)23/h2-11H,12-14H2,1H3,(H,24,29). The van der Waals surface area contributed by atoms with E-state index in [-0.39, 0.29) is 11.7 Å². The molecule has 4 aromatic rings. The first-order chi connectivity index (χ1) is 14.6. The van der Waals surface area contributed by atoms with Gasteiger partial charge in [0, 0.05) is 24.3 Å². The molecule has 0 unspecified atom stereocenters. The van der Waals surface area contributed by atoms with Gasteiger partial charge in [-0.3, -0.25) is 4.79 Å². The van der Waals surface area contributed by atoms with Gasteiger partial charge in [0.2, 0.25) is 0 Å². The number of hydrogen-bond donors (Lipinski definition) is 1. The van der Waals surface area contributed by atoms with Crippen molar-refractivity contribution in [2.45, 2.75) is 24.1 Å². The summed E-state index contributed by atoms with van der Waals surface area (Å²) < 4.78 is 15.5. The van der Waals surface area contributed by atoms with Crippen LogP contribution in [-0.4, -0.2) is 32.3 Å². The second-order valence-corrected chi connectivity index (χ2v) is 7.81. The molecule has 2 aromatic carbocycles. The summed E-state index contributed by atoms with van der Waals surface area (Å²) in [5.41, 5.74) is 2.99. The first kappa shape index (κ1) is 20.0. The predicted octanol–water partition coefficient (Wildman–Crippen LogP) is 3.84. The minimum Gasteiger partial charge on any atom is -0.352 e. The van der Waals surface area contributed by atoms with Gasteiger partial charge in [0.1, 0.15) is 10.8 Å². The van der Waals surface area contributed by atoms with Crippen LogP contribution in [0.15, 0.2) is 65.7 Å². The number of aromatic nitrogens is 4. The number of thioether (sulfide) groups is 1. The Hall–Kier alpha value is -3.26. The molecule has 0 saturated heterocycles. The first-order valence-corrected chi connectivity index (χ1v) is 10.5. The molecule has 30 heavy (non-hydrogen) atoms. The fourth-order valence-electron chi connectivity index (χ4n) is 2.91. The number of rotatable bonds is 7. The van der Waals surface area contributed by atoms with Gasteiger partial charge in [-0.1, -0.05) is 47.7 Å². The number of carbonyl (C=O) groups excluding carboxylic acids is 1. The summed E-state index contributed by atoms with van der Waals surface area (Å²) in [4.78, 5) is 12.2. The maximum atomic E-state index is 13.8. The Morgan fingerprint density at radius 3 is 2.67 bits per heavy atom. The van der Waals surface area contributed by atoms with Crippen LogP contribution in [0.4, 0.5) is 4.39 Å². The second kappa shape index (κ2) is 9.04. The van der Waals surface area contributed by atoms with Gasteiger partial charge in [0.25, 0.3) is 5.91 Å². The Bertz CT molecular complexity index is 1180. The van der Waals surface area contributed by atoms with E-state index >= 15 is 0 Å². The van der Waals surface area contributed by atoms with Crippen LogP contribution in [0, 0.1) is 12.7 Å². The van der Waals surface area contributed by atoms with E-state index in [9.17, 15) is 9.18 Å². The molecule has 0 aliphatic rings. The summed E-state index contributed by atoms with van der Waals surface area (Å²) in [7, 11) is 0. The van der Waals surface area contributed by atoms with Gasteiger partial charge < -0.3 is 5.32 Å². The fourth-order valence-corrected chi connectivity index (χ4v) is 3.75. The highest BCUT2D eigenvalue weighted by Gasteiger charge is 2.10. The van der Waals surface area contributed by atoms with E-state index in [1.54, 1.807) is 28.8 Å². The van der Waals surface area contributed by atoms with E-state index in [1.165, 1.54) is 17.8 Å². The molecule has 152 valence electrons. The predicted molar refractivity (Wildman–Crippen MR) is 114 cm³/mol. The van der Waals surface area contributed by atoms with Gasteiger partial charge >= 0.3 is 0 Å². The zero-order chi connectivity index (χ0) is 20.9. The Morgan fingerprint density at radius 2 is 1.87 bits per heavy atom. The van der Waals surface area contributed by atoms with Crippen LogP contribution in [0.2, 0.25) is 0 Å². The molecule has 2 heterocycles. The van der Waals surface area contributed by atoms with Crippen molar-refractivity contribution in [3.8, 4) is 0 Å². The van der Waals surface area contributed by atoms with Crippen molar-refractivity contribution in [1.82, 2.24) is 25.1 Å². The lowest BCUT2D eigenvalue weighted by Gasteiger charge is -2.06. The van der Waals surface area contributed by atoms with Crippen molar-refractivity contribution in [2.24, 2.45) is 0 Å². The second-order valence-electron chi connectivity index (χ2n) is 6.81. The minimum absolute atomic E-state index is 0.127. The lowest BCUT2D eigenvalue weighted by atomic mass is 10.1. The van der Waals surface area contributed by atoms with Crippen molar-refractivity contribution >= 4 is 23.3 Å². The summed E-state index contributed by atoms with van der Waals surface area (Å²) >= 11 is 1.44. The van der Waals surface area contributed by atoms with Crippen molar-refractivity contribution in [3.05, 3.63) is 89.0 Å². The number of benzene rings is 2. The summed E-state index contributed by atoms with van der Waals surface area (Å²) in [5.74, 6) is 0.788. The smallest absolute Gasteiger partial charge is 0.251 e. The average Bonchev–Trinajstić information content (AvgIpc) is 3.16. The molecule has 4 rings (SSSR count). The van der Waals surface area contributed by atoms with Crippen LogP contribution in [0.3, 0.4) is 0 Å². The number of carbonyl (C=O) groups is 1. The van der Waals surface area contributed by atoms with Gasteiger partial charge in [0.15, 0.2) is 11.5 Å². The molecule has 6 nitrogen and oxygen atoms in total. The highest BCUT2D eigenvalue weighted by molar-refractivity contribution is 7.98. The molecule has 0 spiro atoms. The number of amides is 1. The van der Waals surface area contributed by atoms with Crippen molar-refractivity contribution in [2.75, 3.05) is 6.54 Å². The van der Waals surface area contributed by atoms with Crippen molar-refractivity contribution in [3.63, 3.8) is 0 Å². The molecule has 1 N–H and O–H groups in total. The van der Waals surface area contributed by atoms with Crippen LogP contribution < -0.4 is 5.32 Å². The van der Waals surface area contributed by atoms with Gasteiger partial charge in [-0.15, -0.1) is 10.2 Å². The molecule has 0 atom stereocenters. The normalized spacial score (nSPS) is 11.0. The Morgan fingerprint density at radius 1 is 1.07 bits per heavy atom. The van der Waals surface area contributed by atoms with E-state index in [2.05, 4.69) is 20.6 Å². The van der Waals surface area contributed by atoms with E-state index in [1.807, 2.05) is 37.3 Å². The summed E-state index contributed by atoms with van der Waals surface area (Å²) in [6.07, 6.45) is 0.493. The maximum Gasteiger partial charge on any atom is 0.251 e. The van der Waals surface area contributed by atoms with Gasteiger partial charge in [-0.05, 0) is 42.8 Å². The molecular formula is C22H20FN5OS. The number of hydrogen-bond acceptors (Lipinski definition) is 5. The third kappa shape index (κ3) is 4.65. The third-order valence-electron chi connectivity index (χ3n) is 4.58. The third-order valence-corrected chi connectivity index (χ3v) is 5.55. The summed E-state index contributed by atoms with van der Waals surface area (Å²) in [6.45, 7) is 2.40. The Labute approximate surface area is 177 Å². The summed E-state index contributed by atoms with van der Waals surface area (Å²) in [5, 5.41) is 16.5. The Kier molecular flexibility index (Phi) is 6.04. The molecule has 0 aliphatic heterocycles. The van der Waals surface area contributed by atoms with E-state index in [0.29, 0.717) is 41.3 Å². The molecule has 8 heteroatoms. The Balaban J connectivity index is 1.39. The maximum absolute atomic E-state index is 13.8. The van der Waals surface area contributed by atoms with E-state index in [0.717, 1.165) is 10.6 Å². The lowest BCUT2D eigenvalue weighted by Crippen LogP contribution is -2.26. The number of fused-ring (bicyclic) bond motifs is 1. The van der Waals surface area contributed by atoms with E-state index < -0.39 is 0 Å². The zero-order valence-electron chi connectivity index (χ0n) is 16.4. The molecule has 0 bridgehead atoms. The number of aryl methyl sites for hydroxylation is 1. The first-order valence-electron chi connectivity index (χ1n) is 9.52. The molecule has 1 amide bonds. The molecule has 0 fully saturated rings. The quantitative estimate of drug-likeness (QED) is 0.459. The summed E-state index contributed by atoms with van der Waals surface area (Å²) in [6, 6.07) is 17.8. The monoisotopic (exact) mass is 421 g/mol. The molecule has 0 aliphatic carbocycles. The van der Waals surface area contributed by atoms with Gasteiger partial charge in [-0.2, -0.15) is 9.61 Å². The zero-order valence-corrected chi connectivity index (χ0v) is 17.2. The van der Waals surface area contributed by atoms with Crippen molar-refractivity contribution < 1.29 is 9.18 Å². The van der Waals surface area contributed by atoms with Gasteiger partial charge in [0.05, 0.1) is 0 Å². The molecular weight excluding hydrogens is 401 g/mol. The highest BCUT2D eigenvalue weighted by Crippen LogP contribution is 2.22. The molecule has 0 radical (unpaired) electrons. The van der Waals surface area contributed by atoms with Crippen LogP contribution in [0.1, 0.15) is 27.3 Å². The minimum atomic E-state index is -0.222. The lowest BCUT2D eigenvalue weighted by molar-refractivity contribution is 0.0954. The van der Waals surface area contributed by atoms with E-state index in [4.69, 9.17) is 0 Å². The van der Waals surface area contributed by atoms with Gasteiger partial charge in [-0.25, -0.2) is 4.39 Å². The molecule has 0 saturated carbocycles. The topological polar surface area (TPSA) is 72.2 Å². The number of nitrogens with zero attached hydrogens (tertiary/aromatic N) is 4. The van der Waals surface area contributed by atoms with Crippen molar-refractivity contribution in [1.29, 1.82) is 0 Å². The number of halogens is 1.